The van der Waals surface area contributed by atoms with Crippen molar-refractivity contribution < 1.29 is 35.2 Å². The zero-order valence-electron chi connectivity index (χ0n) is 15.2. The quantitative estimate of drug-likeness (QED) is 0.528. The Labute approximate surface area is 167 Å². The van der Waals surface area contributed by atoms with Gasteiger partial charge in [0.05, 0.1) is 5.69 Å². The minimum atomic E-state index is -4.81. The van der Waals surface area contributed by atoms with Gasteiger partial charge in [-0.1, -0.05) is 11.6 Å². The molecule has 0 saturated heterocycles. The van der Waals surface area contributed by atoms with E-state index in [9.17, 15) is 35.2 Å². The second kappa shape index (κ2) is 7.92. The van der Waals surface area contributed by atoms with Gasteiger partial charge < -0.3 is 9.88 Å². The zero-order valence-corrected chi connectivity index (χ0v) is 16.7. The standard InChI is InChI=1S/C16H15ClF5N3O3S/c1-7-11(29(27,28)24-8(2)16(20,21)22)6-25(3)14(7)15(26)23-10-5-4-9(18)12(17)13(10)19/h4-6,8,24H,1-3H3,(H,23,26)/t8-/m1/s1. The van der Waals surface area contributed by atoms with Gasteiger partial charge in [-0.25, -0.2) is 17.2 Å². The average molecular weight is 460 g/mol. The number of benzene rings is 1. The van der Waals surface area contributed by atoms with Crippen molar-refractivity contribution in [3.8, 4) is 0 Å². The first-order valence-corrected chi connectivity index (χ1v) is 9.72. The predicted molar refractivity (Wildman–Crippen MR) is 95.3 cm³/mol. The van der Waals surface area contributed by atoms with Gasteiger partial charge in [0, 0.05) is 13.2 Å². The summed E-state index contributed by atoms with van der Waals surface area (Å²) < 4.78 is 92.4. The molecule has 1 heterocycles. The summed E-state index contributed by atoms with van der Waals surface area (Å²) in [4.78, 5) is 11.9. The molecule has 1 atom stereocenters. The molecule has 0 unspecified atom stereocenters. The third-order valence-electron chi connectivity index (χ3n) is 4.00. The van der Waals surface area contributed by atoms with Gasteiger partial charge in [0.25, 0.3) is 5.91 Å². The molecule has 0 aliphatic rings. The van der Waals surface area contributed by atoms with E-state index in [4.69, 9.17) is 11.6 Å². The van der Waals surface area contributed by atoms with Gasteiger partial charge in [-0.3, -0.25) is 4.79 Å². The Bertz CT molecular complexity index is 1070. The zero-order chi connectivity index (χ0) is 22.3. The first-order chi connectivity index (χ1) is 13.2. The number of aryl methyl sites for hydroxylation is 1. The second-order valence-electron chi connectivity index (χ2n) is 6.14. The lowest BCUT2D eigenvalue weighted by atomic mass is 10.2. The van der Waals surface area contributed by atoms with Gasteiger partial charge in [0.2, 0.25) is 10.0 Å². The largest absolute Gasteiger partial charge is 0.404 e. The Hall–Kier alpha value is -2.18. The van der Waals surface area contributed by atoms with Crippen molar-refractivity contribution in [2.24, 2.45) is 7.05 Å². The lowest BCUT2D eigenvalue weighted by Crippen LogP contribution is -2.43. The molecule has 1 aromatic heterocycles. The molecule has 0 bridgehead atoms. The Morgan fingerprint density at radius 3 is 2.38 bits per heavy atom. The molecule has 0 aliphatic carbocycles. The molecule has 2 N–H and O–H groups in total. The molecule has 13 heteroatoms. The van der Waals surface area contributed by atoms with Crippen LogP contribution in [0.15, 0.2) is 23.2 Å². The van der Waals surface area contributed by atoms with Crippen molar-refractivity contribution in [3.05, 3.63) is 46.2 Å². The number of hydrogen-bond acceptors (Lipinski definition) is 3. The minimum Gasteiger partial charge on any atom is -0.345 e. The molecule has 2 rings (SSSR count). The normalized spacial score (nSPS) is 13.4. The summed E-state index contributed by atoms with van der Waals surface area (Å²) in [6.07, 6.45) is -3.86. The highest BCUT2D eigenvalue weighted by Crippen LogP contribution is 2.28. The maximum Gasteiger partial charge on any atom is 0.404 e. The summed E-state index contributed by atoms with van der Waals surface area (Å²) in [5.41, 5.74) is -0.888. The van der Waals surface area contributed by atoms with Gasteiger partial charge in [-0.15, -0.1) is 0 Å². The van der Waals surface area contributed by atoms with Gasteiger partial charge >= 0.3 is 6.18 Å². The Morgan fingerprint density at radius 2 is 1.83 bits per heavy atom. The van der Waals surface area contributed by atoms with Crippen LogP contribution in [0.25, 0.3) is 0 Å². The van der Waals surface area contributed by atoms with E-state index in [-0.39, 0.29) is 11.3 Å². The molecule has 0 fully saturated rings. The van der Waals surface area contributed by atoms with Crippen LogP contribution in [0.4, 0.5) is 27.6 Å². The van der Waals surface area contributed by atoms with Crippen LogP contribution in [-0.4, -0.2) is 31.1 Å². The number of nitrogens with one attached hydrogen (secondary N) is 2. The molecule has 1 amide bonds. The number of rotatable bonds is 5. The summed E-state index contributed by atoms with van der Waals surface area (Å²) in [6, 6.07) is -0.631. The Kier molecular flexibility index (Phi) is 6.31. The number of carbonyl (C=O) groups excluding carboxylic acids is 1. The SMILES string of the molecule is Cc1c(S(=O)(=O)N[C@H](C)C(F)(F)F)cn(C)c1C(=O)Nc1ccc(F)c(Cl)c1F. The summed E-state index contributed by atoms with van der Waals surface area (Å²) in [5.74, 6) is -3.26. The molecule has 29 heavy (non-hydrogen) atoms. The van der Waals surface area contributed by atoms with Gasteiger partial charge in [-0.05, 0) is 31.5 Å². The van der Waals surface area contributed by atoms with E-state index in [1.165, 1.54) is 18.7 Å². The maximum atomic E-state index is 14.0. The van der Waals surface area contributed by atoms with Crippen LogP contribution in [0.2, 0.25) is 5.02 Å². The molecule has 6 nitrogen and oxygen atoms in total. The van der Waals surface area contributed by atoms with Crippen LogP contribution in [0.1, 0.15) is 23.0 Å². The fraction of sp³-hybridized carbons (Fsp3) is 0.312. The number of sulfonamides is 1. The van der Waals surface area contributed by atoms with Crippen LogP contribution in [0, 0.1) is 18.6 Å². The molecule has 2 aromatic rings. The highest BCUT2D eigenvalue weighted by Gasteiger charge is 2.39. The fourth-order valence-electron chi connectivity index (χ4n) is 2.49. The lowest BCUT2D eigenvalue weighted by Gasteiger charge is -2.17. The number of nitrogens with zero attached hydrogens (tertiary/aromatic N) is 1. The molecule has 0 radical (unpaired) electrons. The molecule has 0 saturated carbocycles. The van der Waals surface area contributed by atoms with Crippen LogP contribution in [0.3, 0.4) is 0 Å². The van der Waals surface area contributed by atoms with E-state index in [2.05, 4.69) is 5.32 Å². The third-order valence-corrected chi connectivity index (χ3v) is 6.00. The van der Waals surface area contributed by atoms with Crippen LogP contribution >= 0.6 is 11.6 Å². The Morgan fingerprint density at radius 1 is 1.24 bits per heavy atom. The summed E-state index contributed by atoms with van der Waals surface area (Å²) >= 11 is 5.44. The first kappa shape index (κ1) is 23.1. The highest BCUT2D eigenvalue weighted by molar-refractivity contribution is 7.89. The van der Waals surface area contributed by atoms with Crippen molar-refractivity contribution in [2.45, 2.75) is 31.0 Å². The van der Waals surface area contributed by atoms with E-state index in [0.717, 1.165) is 22.9 Å². The van der Waals surface area contributed by atoms with E-state index in [1.807, 2.05) is 0 Å². The fourth-order valence-corrected chi connectivity index (χ4v) is 4.17. The van der Waals surface area contributed by atoms with Crippen molar-refractivity contribution in [1.82, 2.24) is 9.29 Å². The van der Waals surface area contributed by atoms with Gasteiger partial charge in [0.1, 0.15) is 27.5 Å². The molecule has 160 valence electrons. The monoisotopic (exact) mass is 459 g/mol. The molecule has 0 aliphatic heterocycles. The molecular formula is C16H15ClF5N3O3S. The van der Waals surface area contributed by atoms with Gasteiger partial charge in [-0.2, -0.15) is 17.9 Å². The smallest absolute Gasteiger partial charge is 0.345 e. The van der Waals surface area contributed by atoms with Crippen LogP contribution in [0.5, 0.6) is 0 Å². The summed E-state index contributed by atoms with van der Waals surface area (Å²) in [5, 5.41) is 1.28. The topological polar surface area (TPSA) is 80.2 Å². The van der Waals surface area contributed by atoms with Crippen LogP contribution in [-0.2, 0) is 17.1 Å². The van der Waals surface area contributed by atoms with Crippen LogP contribution < -0.4 is 10.0 Å². The van der Waals surface area contributed by atoms with E-state index >= 15 is 0 Å². The molecule has 1 aromatic carbocycles. The number of aromatic nitrogens is 1. The highest BCUT2D eigenvalue weighted by atomic mass is 35.5. The number of hydrogen-bond donors (Lipinski definition) is 2. The predicted octanol–water partition coefficient (Wildman–Crippen LogP) is 3.75. The van der Waals surface area contributed by atoms with E-state index in [1.54, 1.807) is 0 Å². The van der Waals surface area contributed by atoms with Crippen molar-refractivity contribution in [1.29, 1.82) is 0 Å². The van der Waals surface area contributed by atoms with Crippen molar-refractivity contribution in [3.63, 3.8) is 0 Å². The lowest BCUT2D eigenvalue weighted by molar-refractivity contribution is -0.147. The summed E-state index contributed by atoms with van der Waals surface area (Å²) in [7, 11) is -3.34. The third kappa shape index (κ3) is 4.70. The number of carbonyl (C=O) groups is 1. The number of amides is 1. The number of alkyl halides is 3. The minimum absolute atomic E-state index is 0.166. The molecular weight excluding hydrogens is 445 g/mol. The first-order valence-electron chi connectivity index (χ1n) is 7.86. The number of anilines is 1. The second-order valence-corrected chi connectivity index (χ2v) is 8.20. The van der Waals surface area contributed by atoms with E-state index < -0.39 is 55.4 Å². The van der Waals surface area contributed by atoms with Crippen molar-refractivity contribution >= 4 is 33.2 Å². The Balaban J connectivity index is 2.39. The van der Waals surface area contributed by atoms with Crippen molar-refractivity contribution in [2.75, 3.05) is 5.32 Å². The average Bonchev–Trinajstić information content (AvgIpc) is 2.89. The van der Waals surface area contributed by atoms with Gasteiger partial charge in [0.15, 0.2) is 5.82 Å². The number of halogens is 6. The maximum absolute atomic E-state index is 14.0. The summed E-state index contributed by atoms with van der Waals surface area (Å²) in [6.45, 7) is 1.83. The van der Waals surface area contributed by atoms with E-state index in [0.29, 0.717) is 6.92 Å². The molecule has 0 spiro atoms.